The molecule has 0 aliphatic rings. The molecule has 0 saturated carbocycles. The summed E-state index contributed by atoms with van der Waals surface area (Å²) in [6, 6.07) is 1.55. The lowest BCUT2D eigenvalue weighted by Gasteiger charge is -1.93. The third-order valence-electron chi connectivity index (χ3n) is 1.82. The fourth-order valence-electron chi connectivity index (χ4n) is 1.24. The molecule has 0 bridgehead atoms. The van der Waals surface area contributed by atoms with Crippen LogP contribution in [0.1, 0.15) is 10.4 Å². The van der Waals surface area contributed by atoms with Crippen molar-refractivity contribution < 1.29 is 23.1 Å². The van der Waals surface area contributed by atoms with E-state index in [1.165, 1.54) is 0 Å². The summed E-state index contributed by atoms with van der Waals surface area (Å²) in [5.41, 5.74) is -0.419. The SMILES string of the molecule is O=C(O)c1coc2cc(F)cc(F)c12. The molecule has 1 aromatic heterocycles. The van der Waals surface area contributed by atoms with Crippen molar-refractivity contribution in [3.05, 3.63) is 35.6 Å². The Hall–Kier alpha value is -1.91. The van der Waals surface area contributed by atoms with Crippen molar-refractivity contribution in [2.75, 3.05) is 0 Å². The Morgan fingerprint density at radius 3 is 2.71 bits per heavy atom. The molecule has 0 unspecified atom stereocenters. The topological polar surface area (TPSA) is 50.4 Å². The summed E-state index contributed by atoms with van der Waals surface area (Å²) >= 11 is 0. The van der Waals surface area contributed by atoms with Crippen LogP contribution in [0.4, 0.5) is 8.78 Å². The van der Waals surface area contributed by atoms with E-state index < -0.39 is 17.6 Å². The number of aromatic carboxylic acids is 1. The third kappa shape index (κ3) is 1.14. The van der Waals surface area contributed by atoms with E-state index in [0.717, 1.165) is 12.3 Å². The van der Waals surface area contributed by atoms with Gasteiger partial charge in [-0.05, 0) is 0 Å². The van der Waals surface area contributed by atoms with Crippen LogP contribution in [-0.4, -0.2) is 11.1 Å². The lowest BCUT2D eigenvalue weighted by molar-refractivity contribution is 0.0697. The molecule has 14 heavy (non-hydrogen) atoms. The van der Waals surface area contributed by atoms with Gasteiger partial charge in [-0.25, -0.2) is 13.6 Å². The van der Waals surface area contributed by atoms with Gasteiger partial charge in [-0.15, -0.1) is 0 Å². The first-order valence-corrected chi connectivity index (χ1v) is 3.69. The van der Waals surface area contributed by atoms with E-state index >= 15 is 0 Å². The number of hydrogen-bond acceptors (Lipinski definition) is 2. The number of carboxylic acids is 1. The van der Waals surface area contributed by atoms with Crippen molar-refractivity contribution >= 4 is 16.9 Å². The van der Waals surface area contributed by atoms with Crippen molar-refractivity contribution in [3.8, 4) is 0 Å². The van der Waals surface area contributed by atoms with Crippen LogP contribution in [-0.2, 0) is 0 Å². The van der Waals surface area contributed by atoms with E-state index in [9.17, 15) is 13.6 Å². The summed E-state index contributed by atoms with van der Waals surface area (Å²) in [6.45, 7) is 0. The smallest absolute Gasteiger partial charge is 0.339 e. The highest BCUT2D eigenvalue weighted by molar-refractivity contribution is 6.02. The molecule has 0 radical (unpaired) electrons. The summed E-state index contributed by atoms with van der Waals surface area (Å²) in [7, 11) is 0. The van der Waals surface area contributed by atoms with Crippen LogP contribution < -0.4 is 0 Å². The van der Waals surface area contributed by atoms with Crippen molar-refractivity contribution in [2.24, 2.45) is 0 Å². The maximum Gasteiger partial charge on any atom is 0.339 e. The van der Waals surface area contributed by atoms with E-state index in [0.29, 0.717) is 6.07 Å². The van der Waals surface area contributed by atoms with Crippen molar-refractivity contribution in [2.45, 2.75) is 0 Å². The quantitative estimate of drug-likeness (QED) is 0.765. The second-order valence-electron chi connectivity index (χ2n) is 2.72. The molecule has 1 N–H and O–H groups in total. The third-order valence-corrected chi connectivity index (χ3v) is 1.82. The Balaban J connectivity index is 2.85. The van der Waals surface area contributed by atoms with Crippen LogP contribution in [0, 0.1) is 11.6 Å². The molecule has 0 fully saturated rings. The Kier molecular flexibility index (Phi) is 1.73. The minimum Gasteiger partial charge on any atom is -0.478 e. The molecule has 3 nitrogen and oxygen atoms in total. The highest BCUT2D eigenvalue weighted by Crippen LogP contribution is 2.25. The minimum absolute atomic E-state index is 0.111. The van der Waals surface area contributed by atoms with Gasteiger partial charge in [0.1, 0.15) is 29.0 Å². The summed E-state index contributed by atoms with van der Waals surface area (Å²) in [4.78, 5) is 10.6. The molecule has 0 atom stereocenters. The van der Waals surface area contributed by atoms with Crippen LogP contribution in [0.2, 0.25) is 0 Å². The summed E-state index contributed by atoms with van der Waals surface area (Å²) < 4.78 is 30.5. The number of carboxylic acid groups (broad SMARTS) is 1. The number of rotatable bonds is 1. The molecular weight excluding hydrogens is 194 g/mol. The molecule has 0 spiro atoms. The fraction of sp³-hybridized carbons (Fsp3) is 0. The Labute approximate surface area is 76.6 Å². The maximum atomic E-state index is 13.1. The van der Waals surface area contributed by atoms with Gasteiger partial charge >= 0.3 is 5.97 Å². The minimum atomic E-state index is -1.31. The number of hydrogen-bond donors (Lipinski definition) is 1. The summed E-state index contributed by atoms with van der Waals surface area (Å²) in [5.74, 6) is -3.05. The van der Waals surface area contributed by atoms with E-state index in [1.807, 2.05) is 0 Å². The van der Waals surface area contributed by atoms with Gasteiger partial charge in [0, 0.05) is 12.1 Å². The van der Waals surface area contributed by atoms with Crippen molar-refractivity contribution in [3.63, 3.8) is 0 Å². The van der Waals surface area contributed by atoms with E-state index in [-0.39, 0.29) is 16.5 Å². The maximum absolute atomic E-state index is 13.1. The monoisotopic (exact) mass is 198 g/mol. The first-order chi connectivity index (χ1) is 6.59. The average molecular weight is 198 g/mol. The van der Waals surface area contributed by atoms with Crippen molar-refractivity contribution in [1.29, 1.82) is 0 Å². The molecular formula is C9H4F2O3. The highest BCUT2D eigenvalue weighted by atomic mass is 19.1. The van der Waals surface area contributed by atoms with Gasteiger partial charge in [-0.2, -0.15) is 0 Å². The van der Waals surface area contributed by atoms with Gasteiger partial charge in [-0.3, -0.25) is 0 Å². The van der Waals surface area contributed by atoms with Crippen molar-refractivity contribution in [1.82, 2.24) is 0 Å². The Morgan fingerprint density at radius 2 is 2.07 bits per heavy atom. The van der Waals surface area contributed by atoms with E-state index in [1.54, 1.807) is 0 Å². The molecule has 72 valence electrons. The summed E-state index contributed by atoms with van der Waals surface area (Å²) in [5, 5.41) is 8.44. The predicted molar refractivity (Wildman–Crippen MR) is 43.1 cm³/mol. The number of fused-ring (bicyclic) bond motifs is 1. The Morgan fingerprint density at radius 1 is 1.36 bits per heavy atom. The van der Waals surface area contributed by atoms with Crippen LogP contribution in [0.25, 0.3) is 11.0 Å². The number of furan rings is 1. The molecule has 0 aliphatic heterocycles. The molecule has 1 aromatic carbocycles. The predicted octanol–water partition coefficient (Wildman–Crippen LogP) is 2.41. The lowest BCUT2D eigenvalue weighted by Crippen LogP contribution is -1.95. The number of benzene rings is 1. The van der Waals surface area contributed by atoms with Crippen LogP contribution in [0.3, 0.4) is 0 Å². The van der Waals surface area contributed by atoms with Gasteiger partial charge in [0.05, 0.1) is 5.39 Å². The molecule has 2 aromatic rings. The zero-order chi connectivity index (χ0) is 10.3. The number of carbonyl (C=O) groups is 1. The van der Waals surface area contributed by atoms with Crippen LogP contribution >= 0.6 is 0 Å². The van der Waals surface area contributed by atoms with E-state index in [4.69, 9.17) is 9.52 Å². The molecule has 0 saturated heterocycles. The normalized spacial score (nSPS) is 10.7. The second-order valence-corrected chi connectivity index (χ2v) is 2.72. The van der Waals surface area contributed by atoms with Crippen LogP contribution in [0.15, 0.2) is 22.8 Å². The zero-order valence-electron chi connectivity index (χ0n) is 6.75. The first-order valence-electron chi connectivity index (χ1n) is 3.69. The average Bonchev–Trinajstić information content (AvgIpc) is 2.47. The zero-order valence-corrected chi connectivity index (χ0v) is 6.75. The van der Waals surface area contributed by atoms with Gasteiger partial charge in [-0.1, -0.05) is 0 Å². The van der Waals surface area contributed by atoms with E-state index in [2.05, 4.69) is 0 Å². The first kappa shape index (κ1) is 8.68. The van der Waals surface area contributed by atoms with Crippen LogP contribution in [0.5, 0.6) is 0 Å². The van der Waals surface area contributed by atoms with Gasteiger partial charge in [0.25, 0.3) is 0 Å². The standard InChI is InChI=1S/C9H4F2O3/c10-4-1-6(11)8-5(9(12)13)3-14-7(8)2-4/h1-3H,(H,12,13). The largest absolute Gasteiger partial charge is 0.478 e. The second kappa shape index (κ2) is 2.80. The Bertz CT molecular complexity index is 516. The van der Waals surface area contributed by atoms with Gasteiger partial charge in [0.2, 0.25) is 0 Å². The molecule has 0 aliphatic carbocycles. The summed E-state index contributed by atoms with van der Waals surface area (Å²) in [6.07, 6.45) is 0.884. The lowest BCUT2D eigenvalue weighted by atomic mass is 10.1. The van der Waals surface area contributed by atoms with Gasteiger partial charge in [0.15, 0.2) is 0 Å². The molecule has 1 heterocycles. The highest BCUT2D eigenvalue weighted by Gasteiger charge is 2.17. The number of halogens is 2. The molecule has 5 heteroatoms. The molecule has 0 amide bonds. The fourth-order valence-corrected chi connectivity index (χ4v) is 1.24. The molecule has 2 rings (SSSR count). The van der Waals surface area contributed by atoms with Gasteiger partial charge < -0.3 is 9.52 Å².